The van der Waals surface area contributed by atoms with Gasteiger partial charge in [-0.15, -0.1) is 11.8 Å². The van der Waals surface area contributed by atoms with E-state index in [9.17, 15) is 19.2 Å². The van der Waals surface area contributed by atoms with Crippen LogP contribution in [0.1, 0.15) is 42.3 Å². The number of thioether (sulfide) groups is 1. The molecular weight excluding hydrogens is 687 g/mol. The lowest BCUT2D eigenvalue weighted by molar-refractivity contribution is -0.153. The van der Waals surface area contributed by atoms with E-state index in [4.69, 9.17) is 18.7 Å². The molecule has 3 aromatic rings. The molecule has 1 fully saturated rings. The maximum Gasteiger partial charge on any atom is 0.355 e. The SMILES string of the molecule is COc1ccc(COC(=O)C2=C(CN(O[Si](C)(C)C(C)(C)C)C(=O)c3ccc(OC)cc3)CS[C@@H]3[C@H](NC(=O)Cc4ccccc4)C(=O)N23)cc1. The lowest BCUT2D eigenvalue weighted by Crippen LogP contribution is -2.71. The first-order chi connectivity index (χ1) is 24.2. The number of nitrogens with zero attached hydrogens (tertiary/aromatic N) is 2. The third kappa shape index (κ3) is 8.66. The van der Waals surface area contributed by atoms with E-state index in [0.29, 0.717) is 28.4 Å². The van der Waals surface area contributed by atoms with Gasteiger partial charge in [-0.05, 0) is 71.2 Å². The molecule has 5 rings (SSSR count). The highest BCUT2D eigenvalue weighted by Crippen LogP contribution is 2.42. The van der Waals surface area contributed by atoms with Crippen molar-refractivity contribution in [2.24, 2.45) is 0 Å². The molecule has 11 nitrogen and oxygen atoms in total. The van der Waals surface area contributed by atoms with Crippen LogP contribution in [0.4, 0.5) is 0 Å². The molecule has 1 N–H and O–H groups in total. The molecule has 3 aromatic carbocycles. The summed E-state index contributed by atoms with van der Waals surface area (Å²) in [5.41, 5.74) is 2.48. The Labute approximate surface area is 304 Å². The molecular formula is C38H45N3O8SSi. The van der Waals surface area contributed by atoms with Crippen molar-refractivity contribution in [3.05, 3.63) is 107 Å². The molecule has 0 bridgehead atoms. The Morgan fingerprint density at radius 3 is 2.10 bits per heavy atom. The van der Waals surface area contributed by atoms with Crippen molar-refractivity contribution < 1.29 is 37.9 Å². The topological polar surface area (TPSA) is 124 Å². The van der Waals surface area contributed by atoms with E-state index >= 15 is 0 Å². The van der Waals surface area contributed by atoms with Crippen LogP contribution >= 0.6 is 11.8 Å². The smallest absolute Gasteiger partial charge is 0.355 e. The van der Waals surface area contributed by atoms with Gasteiger partial charge < -0.3 is 24.1 Å². The van der Waals surface area contributed by atoms with Crippen molar-refractivity contribution >= 4 is 43.8 Å². The highest BCUT2D eigenvalue weighted by atomic mass is 32.2. The van der Waals surface area contributed by atoms with E-state index in [1.54, 1.807) is 62.8 Å². The number of hydrogen-bond acceptors (Lipinski definition) is 9. The van der Waals surface area contributed by atoms with E-state index in [1.165, 1.54) is 21.7 Å². The molecule has 1 saturated heterocycles. The summed E-state index contributed by atoms with van der Waals surface area (Å²) in [5, 5.41) is 3.40. The molecule has 270 valence electrons. The predicted molar refractivity (Wildman–Crippen MR) is 197 cm³/mol. The van der Waals surface area contributed by atoms with Gasteiger partial charge in [0.1, 0.15) is 35.2 Å². The fourth-order valence-electron chi connectivity index (χ4n) is 5.35. The number of benzene rings is 3. The second-order valence-corrected chi connectivity index (χ2v) is 19.7. The van der Waals surface area contributed by atoms with Crippen LogP contribution < -0.4 is 14.8 Å². The molecule has 2 aliphatic rings. The van der Waals surface area contributed by atoms with E-state index < -0.39 is 37.5 Å². The van der Waals surface area contributed by atoms with Crippen LogP contribution in [0.3, 0.4) is 0 Å². The second kappa shape index (κ2) is 15.7. The number of nitrogens with one attached hydrogen (secondary N) is 1. The van der Waals surface area contributed by atoms with Crippen LogP contribution in [-0.2, 0) is 36.7 Å². The average Bonchev–Trinajstić information content (AvgIpc) is 3.12. The van der Waals surface area contributed by atoms with E-state index in [-0.39, 0.29) is 36.2 Å². The molecule has 2 atom stereocenters. The molecule has 3 amide bonds. The number of carbonyl (C=O) groups is 4. The number of ether oxygens (including phenoxy) is 3. The Hall–Kier alpha value is -4.59. The molecule has 0 aromatic heterocycles. The van der Waals surface area contributed by atoms with Crippen molar-refractivity contribution in [1.29, 1.82) is 0 Å². The van der Waals surface area contributed by atoms with Crippen LogP contribution in [0, 0.1) is 0 Å². The van der Waals surface area contributed by atoms with Crippen LogP contribution in [0.15, 0.2) is 90.1 Å². The molecule has 0 radical (unpaired) electrons. The molecule has 51 heavy (non-hydrogen) atoms. The Morgan fingerprint density at radius 2 is 1.51 bits per heavy atom. The molecule has 0 spiro atoms. The van der Waals surface area contributed by atoms with E-state index in [1.807, 2.05) is 43.4 Å². The minimum Gasteiger partial charge on any atom is -0.497 e. The summed E-state index contributed by atoms with van der Waals surface area (Å²) in [4.78, 5) is 56.2. The first kappa shape index (κ1) is 37.7. The highest BCUT2D eigenvalue weighted by molar-refractivity contribution is 8.00. The first-order valence-corrected chi connectivity index (χ1v) is 20.6. The molecule has 0 aliphatic carbocycles. The average molecular weight is 732 g/mol. The number of esters is 1. The minimum atomic E-state index is -2.58. The van der Waals surface area contributed by atoms with Gasteiger partial charge in [0.2, 0.25) is 14.2 Å². The second-order valence-electron chi connectivity index (χ2n) is 13.9. The number of hydrogen-bond donors (Lipinski definition) is 1. The lowest BCUT2D eigenvalue weighted by atomic mass is 10.0. The van der Waals surface area contributed by atoms with Gasteiger partial charge in [0.05, 0.1) is 27.2 Å². The van der Waals surface area contributed by atoms with Gasteiger partial charge in [-0.3, -0.25) is 19.3 Å². The monoisotopic (exact) mass is 731 g/mol. The number of methoxy groups -OCH3 is 2. The van der Waals surface area contributed by atoms with Crippen LogP contribution in [0.2, 0.25) is 18.1 Å². The van der Waals surface area contributed by atoms with Crippen LogP contribution in [0.25, 0.3) is 0 Å². The maximum absolute atomic E-state index is 14.1. The number of carbonyl (C=O) groups excluding carboxylic acids is 4. The van der Waals surface area contributed by atoms with Crippen molar-refractivity contribution in [3.8, 4) is 11.5 Å². The summed E-state index contributed by atoms with van der Waals surface area (Å²) in [6.45, 7) is 10.2. The zero-order valence-electron chi connectivity index (χ0n) is 30.1. The normalized spacial score (nSPS) is 17.2. The van der Waals surface area contributed by atoms with Gasteiger partial charge in [-0.2, -0.15) is 0 Å². The van der Waals surface area contributed by atoms with E-state index in [0.717, 1.165) is 11.1 Å². The third-order valence-corrected chi connectivity index (χ3v) is 15.0. The van der Waals surface area contributed by atoms with Crippen molar-refractivity contribution in [3.63, 3.8) is 0 Å². The van der Waals surface area contributed by atoms with Crippen molar-refractivity contribution in [1.82, 2.24) is 15.3 Å². The summed E-state index contributed by atoms with van der Waals surface area (Å²) in [5.74, 6) is -0.272. The molecule has 2 aliphatic heterocycles. The number of β-lactam (4-membered cyclic amide) rings is 1. The summed E-state index contributed by atoms with van der Waals surface area (Å²) in [7, 11) is 0.543. The largest absolute Gasteiger partial charge is 0.497 e. The maximum atomic E-state index is 14.1. The number of amides is 3. The Morgan fingerprint density at radius 1 is 0.902 bits per heavy atom. The highest BCUT2D eigenvalue weighted by Gasteiger charge is 2.55. The molecule has 0 unspecified atom stereocenters. The summed E-state index contributed by atoms with van der Waals surface area (Å²) >= 11 is 1.41. The molecule has 0 saturated carbocycles. The lowest BCUT2D eigenvalue weighted by Gasteiger charge is -2.50. The van der Waals surface area contributed by atoms with E-state index in [2.05, 4.69) is 26.1 Å². The van der Waals surface area contributed by atoms with Gasteiger partial charge in [0.15, 0.2) is 0 Å². The van der Waals surface area contributed by atoms with Gasteiger partial charge in [0, 0.05) is 11.3 Å². The van der Waals surface area contributed by atoms with Crippen LogP contribution in [0.5, 0.6) is 11.5 Å². The summed E-state index contributed by atoms with van der Waals surface area (Å²) < 4.78 is 22.9. The first-order valence-electron chi connectivity index (χ1n) is 16.7. The quantitative estimate of drug-likeness (QED) is 0.102. The van der Waals surface area contributed by atoms with Gasteiger partial charge >= 0.3 is 5.97 Å². The van der Waals surface area contributed by atoms with Gasteiger partial charge in [0.25, 0.3) is 11.8 Å². The predicted octanol–water partition coefficient (Wildman–Crippen LogP) is 5.72. The van der Waals surface area contributed by atoms with Crippen molar-refractivity contribution in [2.45, 2.75) is 63.3 Å². The molecule has 13 heteroatoms. The van der Waals surface area contributed by atoms with Gasteiger partial charge in [-0.1, -0.05) is 63.2 Å². The van der Waals surface area contributed by atoms with Crippen molar-refractivity contribution in [2.75, 3.05) is 26.5 Å². The fraction of sp³-hybridized carbons (Fsp3) is 0.368. The summed E-state index contributed by atoms with van der Waals surface area (Å²) in [6, 6.07) is 22.3. The number of hydroxylamine groups is 2. The Kier molecular flexibility index (Phi) is 11.6. The number of fused-ring (bicyclic) bond motifs is 1. The zero-order chi connectivity index (χ0) is 36.9. The standard InChI is InChI=1S/C38H45N3O8SSi/c1-38(2,3)51(6,7)49-40(34(43)27-15-19-30(47-5)20-16-27)22-28-24-50-36-32(39-31(42)21-25-11-9-8-10-12-25)35(44)41(36)33(28)37(45)48-23-26-13-17-29(46-4)18-14-26/h8-20,32,36H,21-24H2,1-7H3,(H,39,42)/t32-,36-/m1/s1. The minimum absolute atomic E-state index is 0.0500. The van der Waals surface area contributed by atoms with Gasteiger partial charge in [-0.25, -0.2) is 9.86 Å². The third-order valence-electron chi connectivity index (χ3n) is 9.34. The Bertz CT molecular complexity index is 1780. The Balaban J connectivity index is 1.45. The fourth-order valence-corrected chi connectivity index (χ4v) is 7.65. The number of rotatable bonds is 13. The molecule has 2 heterocycles. The van der Waals surface area contributed by atoms with Crippen LogP contribution in [-0.4, -0.2) is 79.9 Å². The summed E-state index contributed by atoms with van der Waals surface area (Å²) in [6.07, 6.45) is 0.118. The zero-order valence-corrected chi connectivity index (χ0v) is 31.9.